The van der Waals surface area contributed by atoms with Crippen molar-refractivity contribution < 1.29 is 5.11 Å². The molecule has 1 saturated heterocycles. The summed E-state index contributed by atoms with van der Waals surface area (Å²) in [7, 11) is 0. The number of nitrogens with two attached hydrogens (primary N) is 1. The van der Waals surface area contributed by atoms with Crippen LogP contribution < -0.4 is 5.73 Å². The third-order valence-corrected chi connectivity index (χ3v) is 5.24. The predicted octanol–water partition coefficient (Wildman–Crippen LogP) is 2.38. The van der Waals surface area contributed by atoms with Gasteiger partial charge >= 0.3 is 0 Å². The Kier molecular flexibility index (Phi) is 4.29. The fourth-order valence-electron chi connectivity index (χ4n) is 4.52. The van der Waals surface area contributed by atoms with Crippen molar-refractivity contribution in [1.82, 2.24) is 4.90 Å². The summed E-state index contributed by atoms with van der Waals surface area (Å²) in [4.78, 5) is 2.55. The van der Waals surface area contributed by atoms with E-state index in [9.17, 15) is 5.11 Å². The Bertz CT molecular complexity index is 310. The van der Waals surface area contributed by atoms with Crippen LogP contribution >= 0.6 is 0 Å². The third-order valence-electron chi connectivity index (χ3n) is 5.24. The summed E-state index contributed by atoms with van der Waals surface area (Å²) in [5.74, 6) is 0.457. The molecule has 2 rings (SSSR count). The Balaban J connectivity index is 2.10. The predicted molar refractivity (Wildman–Crippen MR) is 80.0 cm³/mol. The van der Waals surface area contributed by atoms with Gasteiger partial charge in [-0.1, -0.05) is 33.6 Å². The van der Waals surface area contributed by atoms with E-state index in [2.05, 4.69) is 32.6 Å². The normalized spacial score (nSPS) is 36.6. The van der Waals surface area contributed by atoms with Crippen molar-refractivity contribution in [3.05, 3.63) is 0 Å². The second-order valence-corrected chi connectivity index (χ2v) is 7.96. The lowest BCUT2D eigenvalue weighted by atomic mass is 9.70. The SMILES string of the molecule is CC(N)C(N1CCC2(O)CCCCC2C1)C(C)(C)C. The Morgan fingerprint density at radius 2 is 1.95 bits per heavy atom. The van der Waals surface area contributed by atoms with Gasteiger partial charge < -0.3 is 10.8 Å². The summed E-state index contributed by atoms with van der Waals surface area (Å²) in [6.45, 7) is 11.0. The summed E-state index contributed by atoms with van der Waals surface area (Å²) in [5, 5.41) is 10.8. The number of rotatable bonds is 2. The highest BCUT2D eigenvalue weighted by Crippen LogP contribution is 2.41. The van der Waals surface area contributed by atoms with E-state index in [1.807, 2.05) is 0 Å². The van der Waals surface area contributed by atoms with Gasteiger partial charge in [-0.25, -0.2) is 0 Å². The number of fused-ring (bicyclic) bond motifs is 1. The molecule has 0 radical (unpaired) electrons. The van der Waals surface area contributed by atoms with Gasteiger partial charge in [0.1, 0.15) is 0 Å². The molecular weight excluding hydrogens is 236 g/mol. The summed E-state index contributed by atoms with van der Waals surface area (Å²) in [5.41, 5.74) is 6.06. The van der Waals surface area contributed by atoms with Crippen LogP contribution in [0.3, 0.4) is 0 Å². The molecule has 1 saturated carbocycles. The number of likely N-dealkylation sites (tertiary alicyclic amines) is 1. The van der Waals surface area contributed by atoms with E-state index >= 15 is 0 Å². The largest absolute Gasteiger partial charge is 0.390 e. The van der Waals surface area contributed by atoms with Gasteiger partial charge in [0, 0.05) is 31.1 Å². The molecule has 3 N–H and O–H groups in total. The topological polar surface area (TPSA) is 49.5 Å². The first-order valence-corrected chi connectivity index (χ1v) is 7.96. The summed E-state index contributed by atoms with van der Waals surface area (Å²) in [6, 6.07) is 0.578. The molecule has 0 aromatic heterocycles. The van der Waals surface area contributed by atoms with Crippen LogP contribution in [0.15, 0.2) is 0 Å². The van der Waals surface area contributed by atoms with Gasteiger partial charge in [-0.15, -0.1) is 0 Å². The number of nitrogens with zero attached hydrogens (tertiary/aromatic N) is 1. The minimum absolute atomic E-state index is 0.176. The Morgan fingerprint density at radius 1 is 1.26 bits per heavy atom. The molecule has 3 heteroatoms. The average Bonchev–Trinajstić information content (AvgIpc) is 2.27. The molecule has 19 heavy (non-hydrogen) atoms. The molecular formula is C16H32N2O. The number of hydrogen-bond donors (Lipinski definition) is 2. The lowest BCUT2D eigenvalue weighted by Crippen LogP contribution is -2.61. The maximum atomic E-state index is 10.8. The van der Waals surface area contributed by atoms with Crippen LogP contribution in [0, 0.1) is 11.3 Å². The molecule has 0 aromatic rings. The van der Waals surface area contributed by atoms with Gasteiger partial charge in [0.25, 0.3) is 0 Å². The first-order valence-electron chi connectivity index (χ1n) is 7.96. The third kappa shape index (κ3) is 3.14. The monoisotopic (exact) mass is 268 g/mol. The molecule has 3 nitrogen and oxygen atoms in total. The molecule has 0 spiro atoms. The minimum atomic E-state index is -0.380. The quantitative estimate of drug-likeness (QED) is 0.808. The number of hydrogen-bond acceptors (Lipinski definition) is 3. The highest BCUT2D eigenvalue weighted by atomic mass is 16.3. The van der Waals surface area contributed by atoms with E-state index in [1.54, 1.807) is 0 Å². The highest BCUT2D eigenvalue weighted by Gasteiger charge is 2.46. The number of piperidine rings is 1. The van der Waals surface area contributed by atoms with Crippen molar-refractivity contribution in [3.8, 4) is 0 Å². The fraction of sp³-hybridized carbons (Fsp3) is 1.00. The van der Waals surface area contributed by atoms with Gasteiger partial charge in [-0.2, -0.15) is 0 Å². The zero-order valence-corrected chi connectivity index (χ0v) is 13.2. The average molecular weight is 268 g/mol. The smallest absolute Gasteiger partial charge is 0.0700 e. The van der Waals surface area contributed by atoms with Crippen LogP contribution in [0.2, 0.25) is 0 Å². The van der Waals surface area contributed by atoms with Gasteiger partial charge in [0.2, 0.25) is 0 Å². The van der Waals surface area contributed by atoms with Gasteiger partial charge in [0.05, 0.1) is 5.60 Å². The van der Waals surface area contributed by atoms with Crippen molar-refractivity contribution in [3.63, 3.8) is 0 Å². The van der Waals surface area contributed by atoms with Crippen LogP contribution in [0.5, 0.6) is 0 Å². The second kappa shape index (κ2) is 5.34. The molecule has 4 atom stereocenters. The summed E-state index contributed by atoms with van der Waals surface area (Å²) >= 11 is 0. The molecule has 4 unspecified atom stereocenters. The summed E-state index contributed by atoms with van der Waals surface area (Å²) in [6.07, 6.45) is 5.59. The Hall–Kier alpha value is -0.120. The Morgan fingerprint density at radius 3 is 2.53 bits per heavy atom. The van der Waals surface area contributed by atoms with Crippen LogP contribution in [0.1, 0.15) is 59.8 Å². The molecule has 0 bridgehead atoms. The standard InChI is InChI=1S/C16H32N2O/c1-12(17)14(15(2,3)4)18-10-9-16(19)8-6-5-7-13(16)11-18/h12-14,19H,5-11,17H2,1-4H3. The molecule has 2 aliphatic rings. The van der Waals surface area contributed by atoms with Gasteiger partial charge in [0.15, 0.2) is 0 Å². The maximum Gasteiger partial charge on any atom is 0.0700 e. The Labute approximate surface area is 118 Å². The molecule has 2 fully saturated rings. The van der Waals surface area contributed by atoms with Crippen molar-refractivity contribution in [2.24, 2.45) is 17.1 Å². The first kappa shape index (κ1) is 15.3. The fourth-order valence-corrected chi connectivity index (χ4v) is 4.52. The minimum Gasteiger partial charge on any atom is -0.390 e. The van der Waals surface area contributed by atoms with Crippen LogP contribution in [-0.2, 0) is 0 Å². The zero-order chi connectivity index (χ0) is 14.3. The molecule has 0 aromatic carbocycles. The summed E-state index contributed by atoms with van der Waals surface area (Å²) < 4.78 is 0. The van der Waals surface area contributed by atoms with E-state index in [-0.39, 0.29) is 17.1 Å². The second-order valence-electron chi connectivity index (χ2n) is 7.96. The van der Waals surface area contributed by atoms with Crippen LogP contribution in [0.4, 0.5) is 0 Å². The van der Waals surface area contributed by atoms with Crippen LogP contribution in [-0.4, -0.2) is 40.8 Å². The van der Waals surface area contributed by atoms with E-state index < -0.39 is 0 Å². The lowest BCUT2D eigenvalue weighted by Gasteiger charge is -2.52. The molecule has 1 aliphatic heterocycles. The van der Waals surface area contributed by atoms with Gasteiger partial charge in [-0.05, 0) is 31.6 Å². The maximum absolute atomic E-state index is 10.8. The molecule has 1 heterocycles. The van der Waals surface area contributed by atoms with Crippen molar-refractivity contribution in [2.45, 2.75) is 77.5 Å². The first-order chi connectivity index (χ1) is 8.74. The van der Waals surface area contributed by atoms with E-state index in [4.69, 9.17) is 5.73 Å². The van der Waals surface area contributed by atoms with Crippen LogP contribution in [0.25, 0.3) is 0 Å². The molecule has 0 amide bonds. The van der Waals surface area contributed by atoms with E-state index in [0.29, 0.717) is 12.0 Å². The zero-order valence-electron chi connectivity index (χ0n) is 13.2. The van der Waals surface area contributed by atoms with Crippen molar-refractivity contribution >= 4 is 0 Å². The van der Waals surface area contributed by atoms with E-state index in [1.165, 1.54) is 19.3 Å². The van der Waals surface area contributed by atoms with Gasteiger partial charge in [-0.3, -0.25) is 4.90 Å². The number of aliphatic hydroxyl groups is 1. The van der Waals surface area contributed by atoms with Crippen molar-refractivity contribution in [2.75, 3.05) is 13.1 Å². The van der Waals surface area contributed by atoms with E-state index in [0.717, 1.165) is 25.9 Å². The highest BCUT2D eigenvalue weighted by molar-refractivity contribution is 5.00. The molecule has 112 valence electrons. The van der Waals surface area contributed by atoms with Crippen molar-refractivity contribution in [1.29, 1.82) is 0 Å². The lowest BCUT2D eigenvalue weighted by molar-refractivity contribution is -0.112. The molecule has 1 aliphatic carbocycles.